The molecule has 3 aliphatic rings. The molecule has 4 rings (SSSR count). The van der Waals surface area contributed by atoms with Gasteiger partial charge in [-0.25, -0.2) is 4.79 Å². The normalized spacial score (nSPS) is 23.7. The Kier molecular flexibility index (Phi) is 6.86. The molecule has 8 heteroatoms. The second-order valence-electron chi connectivity index (χ2n) is 10.5. The van der Waals surface area contributed by atoms with Crippen LogP contribution >= 0.6 is 0 Å². The minimum Gasteiger partial charge on any atom is -0.511 e. The van der Waals surface area contributed by atoms with E-state index in [1.54, 1.807) is 20.8 Å². The fourth-order valence-electron chi connectivity index (χ4n) is 5.24. The zero-order valence-electron chi connectivity index (χ0n) is 20.2. The average molecular weight is 470 g/mol. The van der Waals surface area contributed by atoms with Crippen LogP contribution in [0.5, 0.6) is 0 Å². The lowest BCUT2D eigenvalue weighted by Crippen LogP contribution is -2.58. The van der Waals surface area contributed by atoms with E-state index in [0.29, 0.717) is 24.6 Å². The van der Waals surface area contributed by atoms with Crippen molar-refractivity contribution in [2.24, 2.45) is 5.92 Å². The Morgan fingerprint density at radius 3 is 2.53 bits per heavy atom. The lowest BCUT2D eigenvalue weighted by atomic mass is 9.83. The smallest absolute Gasteiger partial charge is 0.410 e. The first-order chi connectivity index (χ1) is 16.1. The number of ether oxygens (including phenoxy) is 1. The van der Waals surface area contributed by atoms with Gasteiger partial charge in [0, 0.05) is 24.7 Å². The van der Waals surface area contributed by atoms with E-state index in [1.807, 2.05) is 24.3 Å². The molecule has 2 unspecified atom stereocenters. The summed E-state index contributed by atoms with van der Waals surface area (Å²) < 4.78 is 5.43. The summed E-state index contributed by atoms with van der Waals surface area (Å²) >= 11 is 0. The number of carbonyl (C=O) groups is 3. The van der Waals surface area contributed by atoms with E-state index in [2.05, 4.69) is 10.6 Å². The van der Waals surface area contributed by atoms with Crippen molar-refractivity contribution in [2.45, 2.75) is 76.9 Å². The highest BCUT2D eigenvalue weighted by atomic mass is 16.6. The molecule has 0 radical (unpaired) electrons. The van der Waals surface area contributed by atoms with Gasteiger partial charge in [-0.2, -0.15) is 0 Å². The van der Waals surface area contributed by atoms with Crippen molar-refractivity contribution in [2.75, 3.05) is 18.4 Å². The van der Waals surface area contributed by atoms with E-state index in [-0.39, 0.29) is 17.9 Å². The molecule has 0 aromatic heterocycles. The van der Waals surface area contributed by atoms with E-state index in [9.17, 15) is 19.5 Å². The maximum atomic E-state index is 13.2. The minimum atomic E-state index is -0.627. The van der Waals surface area contributed by atoms with Crippen LogP contribution in [0.1, 0.15) is 70.8 Å². The van der Waals surface area contributed by atoms with Gasteiger partial charge in [0.2, 0.25) is 0 Å². The third-order valence-corrected chi connectivity index (χ3v) is 6.90. The molecule has 1 aliphatic carbocycles. The molecule has 3 N–H and O–H groups in total. The molecule has 8 nitrogen and oxygen atoms in total. The van der Waals surface area contributed by atoms with Crippen LogP contribution in [-0.4, -0.2) is 52.6 Å². The first-order valence-electron chi connectivity index (χ1n) is 12.3. The number of hydrogen-bond donors (Lipinski definition) is 3. The molecule has 3 amide bonds. The molecular formula is C26H35N3O5. The highest BCUT2D eigenvalue weighted by Gasteiger charge is 2.43. The molecule has 2 aliphatic heterocycles. The predicted octanol–water partition coefficient (Wildman–Crippen LogP) is 4.24. The van der Waals surface area contributed by atoms with Crippen LogP contribution < -0.4 is 10.6 Å². The fourth-order valence-corrected chi connectivity index (χ4v) is 5.24. The zero-order chi connectivity index (χ0) is 24.5. The molecule has 34 heavy (non-hydrogen) atoms. The first kappa shape index (κ1) is 24.1. The summed E-state index contributed by atoms with van der Waals surface area (Å²) in [5.41, 5.74) is 0.903. The van der Waals surface area contributed by atoms with Crippen LogP contribution in [0.2, 0.25) is 0 Å². The number of aliphatic hydroxyl groups is 1. The molecule has 184 valence electrons. The standard InChI is InChI=1S/C26H35N3O5/c1-26(2,3)34-25(33)29-14-13-18-20(15-29)28-24(32)21(22(18)30)23(31)27-19-12-8-7-11-17(19)16-9-5-4-6-10-16/h7-8,11-12,16,18,20,30H,4-6,9-10,13-15H2,1-3H3,(H,27,31)(H,28,32). The summed E-state index contributed by atoms with van der Waals surface area (Å²) in [6.07, 6.45) is 5.71. The first-order valence-corrected chi connectivity index (χ1v) is 12.3. The Morgan fingerprint density at radius 1 is 1.12 bits per heavy atom. The number of anilines is 1. The zero-order valence-corrected chi connectivity index (χ0v) is 20.2. The van der Waals surface area contributed by atoms with E-state index >= 15 is 0 Å². The monoisotopic (exact) mass is 469 g/mol. The lowest BCUT2D eigenvalue weighted by molar-refractivity contribution is -0.124. The second-order valence-corrected chi connectivity index (χ2v) is 10.5. The largest absolute Gasteiger partial charge is 0.511 e. The number of benzene rings is 1. The molecule has 2 fully saturated rings. The molecule has 1 saturated heterocycles. The van der Waals surface area contributed by atoms with Crippen molar-refractivity contribution in [1.82, 2.24) is 10.2 Å². The van der Waals surface area contributed by atoms with Crippen LogP contribution in [0, 0.1) is 5.92 Å². The number of nitrogens with one attached hydrogen (secondary N) is 2. The fraction of sp³-hybridized carbons (Fsp3) is 0.577. The summed E-state index contributed by atoms with van der Waals surface area (Å²) in [5.74, 6) is -1.48. The number of likely N-dealkylation sites (tertiary alicyclic amines) is 1. The van der Waals surface area contributed by atoms with Gasteiger partial charge >= 0.3 is 6.09 Å². The molecule has 1 aromatic rings. The number of rotatable bonds is 3. The number of fused-ring (bicyclic) bond motifs is 1. The Bertz CT molecular complexity index is 990. The van der Waals surface area contributed by atoms with Gasteiger partial charge in [-0.05, 0) is 57.6 Å². The van der Waals surface area contributed by atoms with Gasteiger partial charge in [-0.1, -0.05) is 37.5 Å². The molecule has 0 bridgehead atoms. The van der Waals surface area contributed by atoms with E-state index in [1.165, 1.54) is 24.2 Å². The Morgan fingerprint density at radius 2 is 1.82 bits per heavy atom. The number of carbonyl (C=O) groups excluding carboxylic acids is 3. The topological polar surface area (TPSA) is 108 Å². The summed E-state index contributed by atoms with van der Waals surface area (Å²) in [7, 11) is 0. The SMILES string of the molecule is CC(C)(C)OC(=O)N1CCC2C(O)=C(C(=O)Nc3ccccc3C3CCCCC3)C(=O)NC2C1. The van der Waals surface area contributed by atoms with Crippen LogP contribution in [0.15, 0.2) is 35.6 Å². The van der Waals surface area contributed by atoms with Gasteiger partial charge in [0.1, 0.15) is 16.9 Å². The number of nitrogens with zero attached hydrogens (tertiary/aromatic N) is 1. The summed E-state index contributed by atoms with van der Waals surface area (Å²) in [6.45, 7) is 5.98. The van der Waals surface area contributed by atoms with Crippen LogP contribution in [0.4, 0.5) is 10.5 Å². The lowest BCUT2D eigenvalue weighted by Gasteiger charge is -2.41. The third-order valence-electron chi connectivity index (χ3n) is 6.90. The minimum absolute atomic E-state index is 0.203. The molecule has 2 atom stereocenters. The third kappa shape index (κ3) is 5.21. The van der Waals surface area contributed by atoms with Crippen LogP contribution in [0.3, 0.4) is 0 Å². The van der Waals surface area contributed by atoms with Gasteiger partial charge in [0.25, 0.3) is 11.8 Å². The van der Waals surface area contributed by atoms with Crippen molar-refractivity contribution < 1.29 is 24.2 Å². The van der Waals surface area contributed by atoms with Crippen molar-refractivity contribution in [3.8, 4) is 0 Å². The number of aliphatic hydroxyl groups excluding tert-OH is 1. The maximum Gasteiger partial charge on any atom is 0.410 e. The Hall–Kier alpha value is -3.03. The number of piperidine rings is 1. The molecule has 1 aromatic carbocycles. The Balaban J connectivity index is 1.49. The summed E-state index contributed by atoms with van der Waals surface area (Å²) in [4.78, 5) is 40.0. The summed E-state index contributed by atoms with van der Waals surface area (Å²) in [6, 6.07) is 7.23. The van der Waals surface area contributed by atoms with Gasteiger partial charge in [-0.3, -0.25) is 9.59 Å². The van der Waals surface area contributed by atoms with Crippen molar-refractivity contribution in [3.05, 3.63) is 41.2 Å². The average Bonchev–Trinajstić information content (AvgIpc) is 2.78. The van der Waals surface area contributed by atoms with Crippen molar-refractivity contribution in [1.29, 1.82) is 0 Å². The molecular weight excluding hydrogens is 434 g/mol. The highest BCUT2D eigenvalue weighted by Crippen LogP contribution is 2.37. The molecule has 0 spiro atoms. The van der Waals surface area contributed by atoms with Crippen LogP contribution in [0.25, 0.3) is 0 Å². The highest BCUT2D eigenvalue weighted by molar-refractivity contribution is 6.23. The second kappa shape index (κ2) is 9.68. The molecule has 1 saturated carbocycles. The predicted molar refractivity (Wildman–Crippen MR) is 128 cm³/mol. The van der Waals surface area contributed by atoms with E-state index in [0.717, 1.165) is 18.4 Å². The number of amides is 3. The van der Waals surface area contributed by atoms with E-state index < -0.39 is 35.5 Å². The van der Waals surface area contributed by atoms with Gasteiger partial charge in [-0.15, -0.1) is 0 Å². The van der Waals surface area contributed by atoms with E-state index in [4.69, 9.17) is 4.74 Å². The quantitative estimate of drug-likeness (QED) is 0.574. The number of hydrogen-bond acceptors (Lipinski definition) is 5. The Labute approximate surface area is 200 Å². The summed E-state index contributed by atoms with van der Waals surface area (Å²) in [5, 5.41) is 16.6. The van der Waals surface area contributed by atoms with Gasteiger partial charge < -0.3 is 25.4 Å². The number of para-hydroxylation sites is 1. The van der Waals surface area contributed by atoms with Crippen molar-refractivity contribution in [3.63, 3.8) is 0 Å². The molecule has 2 heterocycles. The maximum absolute atomic E-state index is 13.2. The van der Waals surface area contributed by atoms with Crippen molar-refractivity contribution >= 4 is 23.6 Å². The van der Waals surface area contributed by atoms with Crippen LogP contribution in [-0.2, 0) is 14.3 Å². The van der Waals surface area contributed by atoms with Gasteiger partial charge in [0.15, 0.2) is 0 Å². The van der Waals surface area contributed by atoms with Gasteiger partial charge in [0.05, 0.1) is 6.04 Å².